The van der Waals surface area contributed by atoms with Crippen molar-refractivity contribution in [1.29, 1.82) is 0 Å². The molecular formula is C12H16FN. The van der Waals surface area contributed by atoms with Gasteiger partial charge in [0.2, 0.25) is 0 Å². The molecule has 1 aromatic carbocycles. The van der Waals surface area contributed by atoms with Gasteiger partial charge in [-0.05, 0) is 48.4 Å². The van der Waals surface area contributed by atoms with Gasteiger partial charge in [0.25, 0.3) is 0 Å². The highest BCUT2D eigenvalue weighted by atomic mass is 19.1. The van der Waals surface area contributed by atoms with Gasteiger partial charge in [-0.15, -0.1) is 0 Å². The van der Waals surface area contributed by atoms with E-state index in [0.29, 0.717) is 5.92 Å². The molecule has 2 heteroatoms. The van der Waals surface area contributed by atoms with Gasteiger partial charge in [0.15, 0.2) is 0 Å². The maximum absolute atomic E-state index is 13.0. The topological polar surface area (TPSA) is 26.0 Å². The Morgan fingerprint density at radius 3 is 2.79 bits per heavy atom. The monoisotopic (exact) mass is 193 g/mol. The van der Waals surface area contributed by atoms with Crippen molar-refractivity contribution in [2.24, 2.45) is 11.7 Å². The van der Waals surface area contributed by atoms with Crippen LogP contribution < -0.4 is 5.73 Å². The van der Waals surface area contributed by atoms with Crippen LogP contribution in [0.15, 0.2) is 18.2 Å². The van der Waals surface area contributed by atoms with Crippen LogP contribution in [0.2, 0.25) is 0 Å². The first-order chi connectivity index (χ1) is 6.72. The quantitative estimate of drug-likeness (QED) is 0.784. The summed E-state index contributed by atoms with van der Waals surface area (Å²) in [5.41, 5.74) is 8.30. The van der Waals surface area contributed by atoms with Crippen molar-refractivity contribution in [3.8, 4) is 0 Å². The second kappa shape index (κ2) is 3.70. The molecule has 0 bridgehead atoms. The molecule has 14 heavy (non-hydrogen) atoms. The van der Waals surface area contributed by atoms with Gasteiger partial charge in [-0.2, -0.15) is 0 Å². The normalized spacial score (nSPS) is 18.2. The van der Waals surface area contributed by atoms with Crippen LogP contribution in [-0.2, 0) is 6.42 Å². The summed E-state index contributed by atoms with van der Waals surface area (Å²) in [6.45, 7) is 2.04. The van der Waals surface area contributed by atoms with Gasteiger partial charge in [0, 0.05) is 6.04 Å². The molecule has 76 valence electrons. The van der Waals surface area contributed by atoms with Gasteiger partial charge in [0.1, 0.15) is 5.82 Å². The Morgan fingerprint density at radius 2 is 2.21 bits per heavy atom. The number of hydrogen-bond donors (Lipinski definition) is 1. The Bertz CT molecular complexity index is 331. The summed E-state index contributed by atoms with van der Waals surface area (Å²) in [5, 5.41) is 0. The third-order valence-electron chi connectivity index (χ3n) is 2.97. The molecule has 0 aromatic heterocycles. The van der Waals surface area contributed by atoms with Gasteiger partial charge in [-0.25, -0.2) is 4.39 Å². The van der Waals surface area contributed by atoms with Crippen molar-refractivity contribution in [2.45, 2.75) is 32.2 Å². The number of nitrogens with two attached hydrogens (primary N) is 1. The standard InChI is InChI=1S/C12H16FN/c1-2-8-7-10(13)5-6-11(8)12(14)9-3-4-9/h5-7,9,12H,2-4,14H2,1H3/t12-/m1/s1. The summed E-state index contributed by atoms with van der Waals surface area (Å²) in [6, 6.07) is 5.08. The zero-order valence-electron chi connectivity index (χ0n) is 8.46. The van der Waals surface area contributed by atoms with Crippen molar-refractivity contribution in [3.63, 3.8) is 0 Å². The Labute approximate surface area is 84.1 Å². The maximum atomic E-state index is 13.0. The predicted octanol–water partition coefficient (Wildman–Crippen LogP) is 2.80. The van der Waals surface area contributed by atoms with Crippen LogP contribution >= 0.6 is 0 Å². The fourth-order valence-electron chi connectivity index (χ4n) is 1.91. The second-order valence-electron chi connectivity index (χ2n) is 4.06. The average Bonchev–Trinajstić information content (AvgIpc) is 3.00. The highest BCUT2D eigenvalue weighted by Gasteiger charge is 2.30. The van der Waals surface area contributed by atoms with Crippen LogP contribution in [0.25, 0.3) is 0 Å². The summed E-state index contributed by atoms with van der Waals surface area (Å²) in [4.78, 5) is 0. The molecule has 0 heterocycles. The molecule has 0 saturated heterocycles. The molecular weight excluding hydrogens is 177 g/mol. The Hall–Kier alpha value is -0.890. The van der Waals surface area contributed by atoms with Crippen molar-refractivity contribution in [2.75, 3.05) is 0 Å². The zero-order valence-corrected chi connectivity index (χ0v) is 8.46. The maximum Gasteiger partial charge on any atom is 0.123 e. The molecule has 2 rings (SSSR count). The molecule has 1 aliphatic carbocycles. The van der Waals surface area contributed by atoms with Crippen molar-refractivity contribution in [3.05, 3.63) is 35.1 Å². The van der Waals surface area contributed by atoms with E-state index in [2.05, 4.69) is 0 Å². The molecule has 0 amide bonds. The van der Waals surface area contributed by atoms with Gasteiger partial charge >= 0.3 is 0 Å². The lowest BCUT2D eigenvalue weighted by molar-refractivity contribution is 0.606. The summed E-state index contributed by atoms with van der Waals surface area (Å²) >= 11 is 0. The van der Waals surface area contributed by atoms with Gasteiger partial charge in [-0.3, -0.25) is 0 Å². The van der Waals surface area contributed by atoms with Crippen LogP contribution in [-0.4, -0.2) is 0 Å². The van der Waals surface area contributed by atoms with E-state index in [9.17, 15) is 4.39 Å². The molecule has 0 aliphatic heterocycles. The van der Waals surface area contributed by atoms with E-state index >= 15 is 0 Å². The number of benzene rings is 1. The van der Waals surface area contributed by atoms with Crippen LogP contribution in [0.5, 0.6) is 0 Å². The van der Waals surface area contributed by atoms with Crippen LogP contribution in [0.4, 0.5) is 4.39 Å². The third kappa shape index (κ3) is 1.80. The predicted molar refractivity (Wildman–Crippen MR) is 55.4 cm³/mol. The fraction of sp³-hybridized carbons (Fsp3) is 0.500. The van der Waals surface area contributed by atoms with Crippen molar-refractivity contribution >= 4 is 0 Å². The van der Waals surface area contributed by atoms with E-state index in [-0.39, 0.29) is 11.9 Å². The first kappa shape index (κ1) is 9.66. The van der Waals surface area contributed by atoms with Gasteiger partial charge in [-0.1, -0.05) is 13.0 Å². The Morgan fingerprint density at radius 1 is 1.50 bits per heavy atom. The fourth-order valence-corrected chi connectivity index (χ4v) is 1.91. The highest BCUT2D eigenvalue weighted by molar-refractivity contribution is 5.31. The van der Waals surface area contributed by atoms with E-state index in [1.807, 2.05) is 13.0 Å². The van der Waals surface area contributed by atoms with Crippen LogP contribution in [0, 0.1) is 11.7 Å². The first-order valence-corrected chi connectivity index (χ1v) is 5.26. The van der Waals surface area contributed by atoms with Crippen molar-refractivity contribution < 1.29 is 4.39 Å². The SMILES string of the molecule is CCc1cc(F)ccc1[C@H](N)C1CC1. The summed E-state index contributed by atoms with van der Waals surface area (Å²) in [6.07, 6.45) is 3.30. The minimum Gasteiger partial charge on any atom is -0.324 e. The van der Waals surface area contributed by atoms with E-state index in [0.717, 1.165) is 17.5 Å². The van der Waals surface area contributed by atoms with Gasteiger partial charge in [0.05, 0.1) is 0 Å². The molecule has 1 fully saturated rings. The van der Waals surface area contributed by atoms with E-state index in [4.69, 9.17) is 5.73 Å². The molecule has 1 aliphatic rings. The molecule has 1 atom stereocenters. The van der Waals surface area contributed by atoms with E-state index in [1.165, 1.54) is 18.9 Å². The highest BCUT2D eigenvalue weighted by Crippen LogP contribution is 2.40. The lowest BCUT2D eigenvalue weighted by atomic mass is 9.96. The zero-order chi connectivity index (χ0) is 10.1. The lowest BCUT2D eigenvalue weighted by Gasteiger charge is -2.15. The van der Waals surface area contributed by atoms with Crippen LogP contribution in [0.1, 0.15) is 36.9 Å². The average molecular weight is 193 g/mol. The van der Waals surface area contributed by atoms with E-state index < -0.39 is 0 Å². The summed E-state index contributed by atoms with van der Waals surface area (Å²) in [7, 11) is 0. The Kier molecular flexibility index (Phi) is 2.55. The molecule has 0 radical (unpaired) electrons. The molecule has 2 N–H and O–H groups in total. The minimum atomic E-state index is -0.159. The van der Waals surface area contributed by atoms with Crippen molar-refractivity contribution in [1.82, 2.24) is 0 Å². The number of halogens is 1. The molecule has 1 aromatic rings. The second-order valence-corrected chi connectivity index (χ2v) is 4.06. The third-order valence-corrected chi connectivity index (χ3v) is 2.97. The van der Waals surface area contributed by atoms with Gasteiger partial charge < -0.3 is 5.73 Å². The summed E-state index contributed by atoms with van der Waals surface area (Å²) < 4.78 is 13.0. The van der Waals surface area contributed by atoms with E-state index in [1.54, 1.807) is 6.07 Å². The molecule has 1 nitrogen and oxygen atoms in total. The summed E-state index contributed by atoms with van der Waals surface area (Å²) in [5.74, 6) is 0.472. The molecule has 0 unspecified atom stereocenters. The molecule has 1 saturated carbocycles. The first-order valence-electron chi connectivity index (χ1n) is 5.26. The van der Waals surface area contributed by atoms with Crippen LogP contribution in [0.3, 0.4) is 0 Å². The number of rotatable bonds is 3. The molecule has 0 spiro atoms. The minimum absolute atomic E-state index is 0.116. The number of hydrogen-bond acceptors (Lipinski definition) is 1. The smallest absolute Gasteiger partial charge is 0.123 e. The lowest BCUT2D eigenvalue weighted by Crippen LogP contribution is -2.14. The Balaban J connectivity index is 2.30. The number of aryl methyl sites for hydroxylation is 1. The largest absolute Gasteiger partial charge is 0.324 e.